The summed E-state index contributed by atoms with van der Waals surface area (Å²) in [6.07, 6.45) is 0. The third kappa shape index (κ3) is 6.18. The van der Waals surface area contributed by atoms with Crippen LogP contribution in [0.1, 0.15) is 0 Å². The van der Waals surface area contributed by atoms with Gasteiger partial charge in [0.15, 0.2) is 5.82 Å². The van der Waals surface area contributed by atoms with Gasteiger partial charge in [0, 0.05) is 33.2 Å². The zero-order valence-corrected chi connectivity index (χ0v) is 30.0. The summed E-state index contributed by atoms with van der Waals surface area (Å²) >= 11 is 0. The molecule has 0 aliphatic heterocycles. The molecule has 0 unspecified atom stereocenters. The quantitative estimate of drug-likeness (QED) is 0.166. The van der Waals surface area contributed by atoms with E-state index in [-0.39, 0.29) is 0 Å². The van der Waals surface area contributed by atoms with Gasteiger partial charge < -0.3 is 4.57 Å². The van der Waals surface area contributed by atoms with Crippen LogP contribution in [0, 0.1) is 0 Å². The van der Waals surface area contributed by atoms with Crippen molar-refractivity contribution in [2.24, 2.45) is 0 Å². The third-order valence-corrected chi connectivity index (χ3v) is 10.4. The third-order valence-electron chi connectivity index (χ3n) is 10.4. The van der Waals surface area contributed by atoms with E-state index in [0.29, 0.717) is 5.82 Å². The van der Waals surface area contributed by atoms with Gasteiger partial charge in [-0.1, -0.05) is 170 Å². The van der Waals surface area contributed by atoms with Gasteiger partial charge in [0.2, 0.25) is 0 Å². The van der Waals surface area contributed by atoms with Crippen molar-refractivity contribution in [1.82, 2.24) is 14.5 Å². The molecule has 2 aromatic heterocycles. The molecule has 0 bridgehead atoms. The van der Waals surface area contributed by atoms with E-state index in [9.17, 15) is 0 Å². The Kier molecular flexibility index (Phi) is 8.16. The minimum Gasteiger partial charge on any atom is -0.309 e. The van der Waals surface area contributed by atoms with Crippen LogP contribution >= 0.6 is 0 Å². The van der Waals surface area contributed by atoms with Gasteiger partial charge in [0.25, 0.3) is 0 Å². The number of hydrogen-bond donors (Lipinski definition) is 0. The highest BCUT2D eigenvalue weighted by molar-refractivity contribution is 6.11. The molecule has 0 radical (unpaired) electrons. The summed E-state index contributed by atoms with van der Waals surface area (Å²) in [7, 11) is 0. The summed E-state index contributed by atoms with van der Waals surface area (Å²) in [5, 5.41) is 2.42. The first-order valence-electron chi connectivity index (χ1n) is 18.7. The normalized spacial score (nSPS) is 11.3. The summed E-state index contributed by atoms with van der Waals surface area (Å²) < 4.78 is 2.38. The summed E-state index contributed by atoms with van der Waals surface area (Å²) in [6.45, 7) is 0. The van der Waals surface area contributed by atoms with E-state index in [0.717, 1.165) is 44.8 Å². The lowest BCUT2D eigenvalue weighted by molar-refractivity contribution is 1.16. The predicted octanol–water partition coefficient (Wildman–Crippen LogP) is 13.6. The highest BCUT2D eigenvalue weighted by Crippen LogP contribution is 2.38. The fourth-order valence-corrected chi connectivity index (χ4v) is 7.65. The Morgan fingerprint density at radius 2 is 0.655 bits per heavy atom. The van der Waals surface area contributed by atoms with Gasteiger partial charge in [0.05, 0.1) is 22.4 Å². The first kappa shape index (κ1) is 32.3. The van der Waals surface area contributed by atoms with E-state index < -0.39 is 0 Å². The van der Waals surface area contributed by atoms with Crippen LogP contribution in [0.4, 0.5) is 0 Å². The first-order chi connectivity index (χ1) is 27.2. The van der Waals surface area contributed by atoms with E-state index in [4.69, 9.17) is 9.97 Å². The molecular weight excluding hydrogens is 667 g/mol. The molecule has 0 spiro atoms. The molecular formula is C52H35N3. The molecule has 258 valence electrons. The van der Waals surface area contributed by atoms with Gasteiger partial charge in [0.1, 0.15) is 0 Å². The van der Waals surface area contributed by atoms with Crippen LogP contribution in [-0.4, -0.2) is 14.5 Å². The molecule has 0 saturated carbocycles. The van der Waals surface area contributed by atoms with Crippen molar-refractivity contribution in [3.63, 3.8) is 0 Å². The number of nitrogens with zero attached hydrogens (tertiary/aromatic N) is 3. The number of benzene rings is 8. The number of aromatic nitrogens is 3. The maximum absolute atomic E-state index is 5.22. The summed E-state index contributed by atoms with van der Waals surface area (Å²) in [5.41, 5.74) is 15.3. The Balaban J connectivity index is 1.13. The van der Waals surface area contributed by atoms with Crippen molar-refractivity contribution in [3.05, 3.63) is 212 Å². The first-order valence-corrected chi connectivity index (χ1v) is 18.7. The fraction of sp³-hybridized carbons (Fsp3) is 0. The predicted molar refractivity (Wildman–Crippen MR) is 229 cm³/mol. The van der Waals surface area contributed by atoms with Gasteiger partial charge in [-0.25, -0.2) is 9.97 Å². The number of rotatable bonds is 7. The molecule has 0 fully saturated rings. The van der Waals surface area contributed by atoms with E-state index in [1.165, 1.54) is 44.2 Å². The Morgan fingerprint density at radius 1 is 0.273 bits per heavy atom. The van der Waals surface area contributed by atoms with Gasteiger partial charge in [-0.2, -0.15) is 0 Å². The lowest BCUT2D eigenvalue weighted by Crippen LogP contribution is -1.98. The number of hydrogen-bond acceptors (Lipinski definition) is 2. The van der Waals surface area contributed by atoms with Crippen molar-refractivity contribution < 1.29 is 0 Å². The summed E-state index contributed by atoms with van der Waals surface area (Å²) in [5.74, 6) is 0.684. The fourth-order valence-electron chi connectivity index (χ4n) is 7.65. The average molecular weight is 702 g/mol. The van der Waals surface area contributed by atoms with Crippen molar-refractivity contribution >= 4 is 21.8 Å². The zero-order chi connectivity index (χ0) is 36.6. The monoisotopic (exact) mass is 701 g/mol. The maximum atomic E-state index is 5.22. The van der Waals surface area contributed by atoms with Gasteiger partial charge in [-0.3, -0.25) is 0 Å². The molecule has 0 saturated heterocycles. The van der Waals surface area contributed by atoms with E-state index in [1.54, 1.807) is 0 Å². The second-order valence-electron chi connectivity index (χ2n) is 13.9. The Labute approximate surface area is 320 Å². The van der Waals surface area contributed by atoms with Crippen LogP contribution in [0.2, 0.25) is 0 Å². The molecule has 8 aromatic carbocycles. The molecule has 0 aliphatic carbocycles. The molecule has 10 rings (SSSR count). The number of fused-ring (bicyclic) bond motifs is 3. The highest BCUT2D eigenvalue weighted by Gasteiger charge is 2.17. The van der Waals surface area contributed by atoms with Gasteiger partial charge >= 0.3 is 0 Å². The van der Waals surface area contributed by atoms with E-state index in [2.05, 4.69) is 205 Å². The lowest BCUT2D eigenvalue weighted by Gasteiger charge is -2.13. The standard InChI is InChI=1S/C52H35N3/c1-5-14-36(15-6-1)39-24-26-41(27-25-39)49-35-48(40-20-11-4-12-21-40)53-52(54-49)44-22-13-23-45(32-44)55-50-30-28-42(37-16-7-2-8-17-37)33-46(50)47-34-43(29-31-51(47)55)38-18-9-3-10-19-38/h1-35H. The van der Waals surface area contributed by atoms with E-state index in [1.807, 2.05) is 12.1 Å². The molecule has 10 aromatic rings. The van der Waals surface area contributed by atoms with Crippen molar-refractivity contribution in [3.8, 4) is 73.0 Å². The maximum Gasteiger partial charge on any atom is 0.160 e. The molecule has 0 atom stereocenters. The average Bonchev–Trinajstić information content (AvgIpc) is 3.60. The van der Waals surface area contributed by atoms with Crippen molar-refractivity contribution in [2.75, 3.05) is 0 Å². The topological polar surface area (TPSA) is 30.7 Å². The molecule has 0 amide bonds. The van der Waals surface area contributed by atoms with Crippen LogP contribution in [0.3, 0.4) is 0 Å². The van der Waals surface area contributed by atoms with E-state index >= 15 is 0 Å². The summed E-state index contributed by atoms with van der Waals surface area (Å²) in [4.78, 5) is 10.4. The van der Waals surface area contributed by atoms with Crippen LogP contribution in [0.25, 0.3) is 94.8 Å². The van der Waals surface area contributed by atoms with Crippen LogP contribution in [0.5, 0.6) is 0 Å². The van der Waals surface area contributed by atoms with Crippen LogP contribution in [0.15, 0.2) is 212 Å². The molecule has 3 heteroatoms. The molecule has 2 heterocycles. The van der Waals surface area contributed by atoms with Crippen LogP contribution in [-0.2, 0) is 0 Å². The Morgan fingerprint density at radius 3 is 1.16 bits per heavy atom. The van der Waals surface area contributed by atoms with Crippen molar-refractivity contribution in [1.29, 1.82) is 0 Å². The van der Waals surface area contributed by atoms with Gasteiger partial charge in [-0.15, -0.1) is 0 Å². The second-order valence-corrected chi connectivity index (χ2v) is 13.9. The zero-order valence-electron chi connectivity index (χ0n) is 30.0. The minimum atomic E-state index is 0.684. The van der Waals surface area contributed by atoms with Gasteiger partial charge in [-0.05, 0) is 75.8 Å². The molecule has 55 heavy (non-hydrogen) atoms. The highest BCUT2D eigenvalue weighted by atomic mass is 15.0. The smallest absolute Gasteiger partial charge is 0.160 e. The molecule has 0 aliphatic rings. The lowest BCUT2D eigenvalue weighted by atomic mass is 10.0. The SMILES string of the molecule is c1ccc(-c2ccc(-c3cc(-c4ccccc4)nc(-c4cccc(-n5c6ccc(-c7ccccc7)cc6c6cc(-c7ccccc7)ccc65)c4)n3)cc2)cc1. The summed E-state index contributed by atoms with van der Waals surface area (Å²) in [6, 6.07) is 75.1. The van der Waals surface area contributed by atoms with Crippen molar-refractivity contribution in [2.45, 2.75) is 0 Å². The second kappa shape index (κ2) is 13.9. The Hall–Kier alpha value is -7.36. The molecule has 3 nitrogen and oxygen atoms in total. The Bertz CT molecular complexity index is 2840. The van der Waals surface area contributed by atoms with Crippen LogP contribution < -0.4 is 0 Å². The minimum absolute atomic E-state index is 0.684. The molecule has 0 N–H and O–H groups in total. The largest absolute Gasteiger partial charge is 0.309 e.